The zero-order chi connectivity index (χ0) is 4.12. The first-order valence-corrected chi connectivity index (χ1v) is 3.30. The molecule has 3 heteroatoms. The van der Waals surface area contributed by atoms with Gasteiger partial charge in [0.05, 0.1) is 6.16 Å². The number of hydrogen-bond acceptors (Lipinski definition) is 0. The minimum Gasteiger partial charge on any atom is -1.00 e. The van der Waals surface area contributed by atoms with Gasteiger partial charge in [0.1, 0.15) is 0 Å². The predicted octanol–water partition coefficient (Wildman–Crippen LogP) is -1.77. The lowest BCUT2D eigenvalue weighted by molar-refractivity contribution is -0.000000933. The summed E-state index contributed by atoms with van der Waals surface area (Å²) in [7, 11) is 1.96. The second-order valence-corrected chi connectivity index (χ2v) is 1.98. The highest BCUT2D eigenvalue weighted by Gasteiger charge is 1.74. The first-order valence-electron chi connectivity index (χ1n) is 1.77. The Morgan fingerprint density at radius 2 is 2.00 bits per heavy atom. The van der Waals surface area contributed by atoms with Gasteiger partial charge in [-0.15, -0.1) is 11.6 Å². The maximum absolute atomic E-state index is 5.31. The average Bonchev–Trinajstić information content (AvgIpc) is 1.41. The molecule has 0 aromatic heterocycles. The lowest BCUT2D eigenvalue weighted by Crippen LogP contribution is -3.00. The van der Waals surface area contributed by atoms with Crippen LogP contribution in [-0.4, -0.2) is 12.0 Å². The molecule has 0 spiro atoms. The van der Waals surface area contributed by atoms with E-state index in [9.17, 15) is 0 Å². The Balaban J connectivity index is 0. The van der Waals surface area contributed by atoms with E-state index >= 15 is 0 Å². The van der Waals surface area contributed by atoms with Crippen LogP contribution in [0, 0.1) is 0 Å². The average molecular weight is 191 g/mol. The monoisotopic (exact) mass is 190 g/mol. The topological polar surface area (TPSA) is 0 Å². The standard InChI is InChI=1S/C3H8ClP.BrH/c4-2-1-3-5;/h1-3,5H2;1H. The molecule has 0 bridgehead atoms. The van der Waals surface area contributed by atoms with Gasteiger partial charge in [0.2, 0.25) is 0 Å². The Labute approximate surface area is 56.6 Å². The molecule has 1 atom stereocenters. The van der Waals surface area contributed by atoms with Gasteiger partial charge in [-0.3, -0.25) is 0 Å². The summed E-state index contributed by atoms with van der Waals surface area (Å²) >= 11 is 5.31. The summed E-state index contributed by atoms with van der Waals surface area (Å²) in [5.74, 6) is 0.823. The Kier molecular flexibility index (Phi) is 16.2. The molecule has 0 aliphatic carbocycles. The molecule has 6 heavy (non-hydrogen) atoms. The fraction of sp³-hybridized carbons (Fsp3) is 1.00. The summed E-state index contributed by atoms with van der Waals surface area (Å²) in [5, 5.41) is 0. The van der Waals surface area contributed by atoms with Gasteiger partial charge >= 0.3 is 0 Å². The zero-order valence-electron chi connectivity index (χ0n) is 3.58. The molecule has 0 rings (SSSR count). The fourth-order valence-corrected chi connectivity index (χ4v) is 0.850. The van der Waals surface area contributed by atoms with Crippen LogP contribution in [0.5, 0.6) is 0 Å². The van der Waals surface area contributed by atoms with Gasteiger partial charge in [-0.1, -0.05) is 0 Å². The van der Waals surface area contributed by atoms with Crippen LogP contribution >= 0.6 is 20.8 Å². The van der Waals surface area contributed by atoms with Crippen molar-refractivity contribution in [3.05, 3.63) is 0 Å². The van der Waals surface area contributed by atoms with E-state index in [0.29, 0.717) is 0 Å². The molecule has 1 unspecified atom stereocenters. The maximum Gasteiger partial charge on any atom is 0.0538 e. The molecule has 0 saturated heterocycles. The minimum absolute atomic E-state index is 0. The summed E-state index contributed by atoms with van der Waals surface area (Å²) in [5.41, 5.74) is 0. The molecule has 0 saturated carbocycles. The van der Waals surface area contributed by atoms with E-state index in [1.165, 1.54) is 12.6 Å². The van der Waals surface area contributed by atoms with Gasteiger partial charge in [0.15, 0.2) is 0 Å². The molecule has 0 aliphatic heterocycles. The van der Waals surface area contributed by atoms with Crippen molar-refractivity contribution in [1.29, 1.82) is 0 Å². The van der Waals surface area contributed by atoms with E-state index in [0.717, 1.165) is 5.88 Å². The third kappa shape index (κ3) is 8.96. The summed E-state index contributed by atoms with van der Waals surface area (Å²) in [6.45, 7) is 0. The molecule has 0 radical (unpaired) electrons. The van der Waals surface area contributed by atoms with Crippen molar-refractivity contribution in [2.45, 2.75) is 6.42 Å². The van der Waals surface area contributed by atoms with Crippen molar-refractivity contribution in [1.82, 2.24) is 0 Å². The van der Waals surface area contributed by atoms with Crippen molar-refractivity contribution in [2.75, 3.05) is 12.0 Å². The Morgan fingerprint density at radius 1 is 1.50 bits per heavy atom. The first kappa shape index (κ1) is 10.2. The fourth-order valence-electron chi connectivity index (χ4n) is 0.0945. The molecule has 0 heterocycles. The Morgan fingerprint density at radius 3 is 2.00 bits per heavy atom. The molecule has 0 aromatic rings. The second-order valence-electron chi connectivity index (χ2n) is 0.896. The summed E-state index contributed by atoms with van der Waals surface area (Å²) in [4.78, 5) is 0. The minimum atomic E-state index is 0. The largest absolute Gasteiger partial charge is 1.00 e. The smallest absolute Gasteiger partial charge is 0.0538 e. The highest BCUT2D eigenvalue weighted by Crippen LogP contribution is 1.88. The van der Waals surface area contributed by atoms with Gasteiger partial charge in [-0.25, -0.2) is 0 Å². The lowest BCUT2D eigenvalue weighted by atomic mass is 10.6. The molecule has 0 nitrogen and oxygen atoms in total. The normalized spacial score (nSPS) is 7.50. The molecule has 0 fully saturated rings. The quantitative estimate of drug-likeness (QED) is 0.358. The van der Waals surface area contributed by atoms with Crippen LogP contribution in [0.25, 0.3) is 0 Å². The van der Waals surface area contributed by atoms with E-state index in [4.69, 9.17) is 11.6 Å². The third-order valence-electron chi connectivity index (χ3n) is 0.384. The van der Waals surface area contributed by atoms with Gasteiger partial charge in [-0.05, 0) is 15.7 Å². The maximum atomic E-state index is 5.31. The molecule has 40 valence electrons. The number of alkyl halides is 1. The summed E-state index contributed by atoms with van der Waals surface area (Å²) in [6.07, 6.45) is 2.41. The van der Waals surface area contributed by atoms with E-state index in [1.54, 1.807) is 0 Å². The molecule has 0 aliphatic rings. The number of halogens is 2. The van der Waals surface area contributed by atoms with Crippen LogP contribution in [0.2, 0.25) is 0 Å². The number of hydrogen-bond donors (Lipinski definition) is 0. The van der Waals surface area contributed by atoms with Crippen LogP contribution in [0.4, 0.5) is 0 Å². The Hall–Kier alpha value is 1.20. The highest BCUT2D eigenvalue weighted by molar-refractivity contribution is 7.16. The van der Waals surface area contributed by atoms with Gasteiger partial charge in [-0.2, -0.15) is 0 Å². The van der Waals surface area contributed by atoms with Crippen molar-refractivity contribution in [2.24, 2.45) is 0 Å². The van der Waals surface area contributed by atoms with E-state index in [2.05, 4.69) is 0 Å². The third-order valence-corrected chi connectivity index (χ3v) is 1.15. The number of rotatable bonds is 2. The summed E-state index contributed by atoms with van der Waals surface area (Å²) < 4.78 is 0. The van der Waals surface area contributed by atoms with Crippen LogP contribution in [0.15, 0.2) is 0 Å². The molecular formula is C3H9BrClP. The second kappa shape index (κ2) is 9.50. The molecule has 0 N–H and O–H groups in total. The Bertz CT molecular complexity index is 18.3. The summed E-state index contributed by atoms with van der Waals surface area (Å²) in [6, 6.07) is 0. The van der Waals surface area contributed by atoms with Gasteiger partial charge < -0.3 is 17.0 Å². The predicted molar refractivity (Wildman–Crippen MR) is 31.3 cm³/mol. The molecule has 0 amide bonds. The molecular weight excluding hydrogens is 182 g/mol. The van der Waals surface area contributed by atoms with Gasteiger partial charge in [0.25, 0.3) is 0 Å². The van der Waals surface area contributed by atoms with Crippen molar-refractivity contribution in [3.63, 3.8) is 0 Å². The van der Waals surface area contributed by atoms with Crippen molar-refractivity contribution in [3.8, 4) is 0 Å². The highest BCUT2D eigenvalue weighted by atomic mass is 79.9. The van der Waals surface area contributed by atoms with E-state index < -0.39 is 0 Å². The van der Waals surface area contributed by atoms with Crippen molar-refractivity contribution >= 4 is 20.8 Å². The lowest BCUT2D eigenvalue weighted by Gasteiger charge is -1.73. The van der Waals surface area contributed by atoms with Gasteiger partial charge in [0, 0.05) is 5.88 Å². The SMILES string of the molecule is [Br-].[PH3+]CCCCl. The van der Waals surface area contributed by atoms with E-state index in [1.807, 2.05) is 9.24 Å². The van der Waals surface area contributed by atoms with Crippen molar-refractivity contribution < 1.29 is 17.0 Å². The van der Waals surface area contributed by atoms with Crippen LogP contribution < -0.4 is 17.0 Å². The van der Waals surface area contributed by atoms with E-state index in [-0.39, 0.29) is 17.0 Å². The van der Waals surface area contributed by atoms with Crippen LogP contribution in [0.3, 0.4) is 0 Å². The zero-order valence-corrected chi connectivity index (χ0v) is 7.34. The van der Waals surface area contributed by atoms with Crippen LogP contribution in [-0.2, 0) is 0 Å². The van der Waals surface area contributed by atoms with Crippen LogP contribution in [0.1, 0.15) is 6.42 Å². The first-order chi connectivity index (χ1) is 2.41. The molecule has 0 aromatic carbocycles.